The third-order valence-electron chi connectivity index (χ3n) is 3.93. The predicted molar refractivity (Wildman–Crippen MR) is 99.2 cm³/mol. The quantitative estimate of drug-likeness (QED) is 0.515. The number of hydrogen-bond acceptors (Lipinski definition) is 8. The van der Waals surface area contributed by atoms with E-state index < -0.39 is 18.1 Å². The van der Waals surface area contributed by atoms with Crippen LogP contribution < -0.4 is 10.6 Å². The normalized spacial score (nSPS) is 14.4. The van der Waals surface area contributed by atoms with Crippen molar-refractivity contribution in [2.75, 3.05) is 25.5 Å². The van der Waals surface area contributed by atoms with Gasteiger partial charge < -0.3 is 20.5 Å². The number of ether oxygens (including phenoxy) is 1. The van der Waals surface area contributed by atoms with Crippen molar-refractivity contribution in [3.63, 3.8) is 0 Å². The fourth-order valence-corrected chi connectivity index (χ4v) is 2.69. The maximum Gasteiger partial charge on any atom is 0.490 e. The summed E-state index contributed by atoms with van der Waals surface area (Å²) in [6, 6.07) is 0.315. The summed E-state index contributed by atoms with van der Waals surface area (Å²) in [7, 11) is 1.30. The number of hydrogen-bond donors (Lipinski definition) is 4. The van der Waals surface area contributed by atoms with Gasteiger partial charge in [0.25, 0.3) is 0 Å². The topological polar surface area (TPSA) is 142 Å². The lowest BCUT2D eigenvalue weighted by Crippen LogP contribution is -2.35. The number of halogens is 4. The highest BCUT2D eigenvalue weighted by atomic mass is 35.5. The Morgan fingerprint density at radius 1 is 1.33 bits per heavy atom. The maximum atomic E-state index is 11.8. The van der Waals surface area contributed by atoms with Gasteiger partial charge in [-0.25, -0.2) is 19.6 Å². The molecule has 0 unspecified atom stereocenters. The van der Waals surface area contributed by atoms with Gasteiger partial charge in [-0.1, -0.05) is 11.6 Å². The van der Waals surface area contributed by atoms with Gasteiger partial charge in [0.15, 0.2) is 5.69 Å². The first-order chi connectivity index (χ1) is 14.1. The summed E-state index contributed by atoms with van der Waals surface area (Å²) in [4.78, 5) is 29.3. The van der Waals surface area contributed by atoms with E-state index in [2.05, 4.69) is 30.8 Å². The molecule has 1 saturated heterocycles. The molecule has 10 nitrogen and oxygen atoms in total. The molecule has 0 bridgehead atoms. The van der Waals surface area contributed by atoms with Crippen molar-refractivity contribution in [3.05, 3.63) is 23.1 Å². The molecule has 0 spiro atoms. The third kappa shape index (κ3) is 6.29. The molecule has 0 amide bonds. The first-order valence-electron chi connectivity index (χ1n) is 8.55. The van der Waals surface area contributed by atoms with Gasteiger partial charge in [0.1, 0.15) is 0 Å². The number of carboxylic acid groups (broad SMARTS) is 1. The number of carbonyl (C=O) groups excluding carboxylic acids is 1. The SMILES string of the molecule is COC(=O)c1n[nH]cc1-c1nc(NC2CCNCC2)ncc1Cl.O=C(O)C(F)(F)F. The second-order valence-electron chi connectivity index (χ2n) is 6.00. The van der Waals surface area contributed by atoms with Gasteiger partial charge >= 0.3 is 18.1 Å². The number of H-pyrrole nitrogens is 1. The van der Waals surface area contributed by atoms with E-state index in [0.29, 0.717) is 28.3 Å². The van der Waals surface area contributed by atoms with Crippen LogP contribution in [0.3, 0.4) is 0 Å². The molecule has 164 valence electrons. The third-order valence-corrected chi connectivity index (χ3v) is 4.21. The van der Waals surface area contributed by atoms with E-state index in [0.717, 1.165) is 25.9 Å². The molecule has 0 aliphatic carbocycles. The number of esters is 1. The molecule has 1 aliphatic rings. The lowest BCUT2D eigenvalue weighted by molar-refractivity contribution is -0.192. The van der Waals surface area contributed by atoms with Gasteiger partial charge in [0.05, 0.1) is 29.6 Å². The number of nitrogens with one attached hydrogen (secondary N) is 3. The standard InChI is InChI=1S/C14H17ClN6O2.C2HF3O2/c1-23-13(22)12-9(6-18-21-12)11-10(15)7-17-14(20-11)19-8-2-4-16-5-3-8;3-2(4,5)1(6)7/h6-8,16H,2-5H2,1H3,(H,18,21)(H,17,19,20);(H,6,7). The fraction of sp³-hybridized carbons (Fsp3) is 0.438. The number of carbonyl (C=O) groups is 2. The first kappa shape index (κ1) is 23.3. The minimum Gasteiger partial charge on any atom is -0.475 e. The molecular weight excluding hydrogens is 433 g/mol. The van der Waals surface area contributed by atoms with Crippen LogP contribution in [-0.2, 0) is 9.53 Å². The van der Waals surface area contributed by atoms with E-state index >= 15 is 0 Å². The molecule has 0 aromatic carbocycles. The summed E-state index contributed by atoms with van der Waals surface area (Å²) in [5.41, 5.74) is 1.06. The van der Waals surface area contributed by atoms with Crippen molar-refractivity contribution in [1.29, 1.82) is 0 Å². The van der Waals surface area contributed by atoms with Crippen LogP contribution in [-0.4, -0.2) is 69.6 Å². The zero-order valence-electron chi connectivity index (χ0n) is 15.6. The second-order valence-corrected chi connectivity index (χ2v) is 6.41. The van der Waals surface area contributed by atoms with Crippen LogP contribution in [0.5, 0.6) is 0 Å². The number of anilines is 1. The fourth-order valence-electron chi connectivity index (χ4n) is 2.50. The Morgan fingerprint density at radius 3 is 2.53 bits per heavy atom. The van der Waals surface area contributed by atoms with Crippen molar-refractivity contribution < 1.29 is 32.6 Å². The van der Waals surface area contributed by atoms with Crippen LogP contribution in [0.25, 0.3) is 11.3 Å². The first-order valence-corrected chi connectivity index (χ1v) is 8.93. The average Bonchev–Trinajstić information content (AvgIpc) is 3.19. The highest BCUT2D eigenvalue weighted by Crippen LogP contribution is 2.28. The monoisotopic (exact) mass is 450 g/mol. The molecule has 2 aromatic heterocycles. The Labute approximate surface area is 173 Å². The molecule has 0 radical (unpaired) electrons. The van der Waals surface area contributed by atoms with E-state index in [1.807, 2.05) is 0 Å². The van der Waals surface area contributed by atoms with Crippen LogP contribution in [0.15, 0.2) is 12.4 Å². The smallest absolute Gasteiger partial charge is 0.475 e. The molecule has 30 heavy (non-hydrogen) atoms. The molecule has 3 rings (SSSR count). The number of piperidine rings is 1. The maximum absolute atomic E-state index is 11.8. The van der Waals surface area contributed by atoms with Gasteiger partial charge in [-0.3, -0.25) is 5.10 Å². The summed E-state index contributed by atoms with van der Waals surface area (Å²) >= 11 is 6.19. The van der Waals surface area contributed by atoms with Gasteiger partial charge in [-0.05, 0) is 25.9 Å². The molecule has 2 aromatic rings. The number of methoxy groups -OCH3 is 1. The van der Waals surface area contributed by atoms with Gasteiger partial charge in [-0.15, -0.1) is 0 Å². The van der Waals surface area contributed by atoms with E-state index in [-0.39, 0.29) is 5.69 Å². The lowest BCUT2D eigenvalue weighted by atomic mass is 10.1. The van der Waals surface area contributed by atoms with Crippen molar-refractivity contribution in [1.82, 2.24) is 25.5 Å². The Kier molecular flexibility index (Phi) is 7.94. The predicted octanol–water partition coefficient (Wildman–Crippen LogP) is 2.10. The summed E-state index contributed by atoms with van der Waals surface area (Å²) in [6.07, 6.45) is -0.00296. The summed E-state index contributed by atoms with van der Waals surface area (Å²) in [6.45, 7) is 1.93. The second kappa shape index (κ2) is 10.2. The Balaban J connectivity index is 0.000000396. The molecule has 3 heterocycles. The molecule has 1 aliphatic heterocycles. The number of carboxylic acids is 1. The average molecular weight is 451 g/mol. The number of aliphatic carboxylic acids is 1. The number of nitrogens with zero attached hydrogens (tertiary/aromatic N) is 3. The van der Waals surface area contributed by atoms with Crippen molar-refractivity contribution >= 4 is 29.5 Å². The minimum absolute atomic E-state index is 0.140. The number of aromatic nitrogens is 4. The van der Waals surface area contributed by atoms with Crippen LogP contribution >= 0.6 is 11.6 Å². The van der Waals surface area contributed by atoms with E-state index in [9.17, 15) is 18.0 Å². The van der Waals surface area contributed by atoms with Crippen LogP contribution in [0.4, 0.5) is 19.1 Å². The van der Waals surface area contributed by atoms with E-state index in [1.54, 1.807) is 6.20 Å². The van der Waals surface area contributed by atoms with Gasteiger partial charge in [-0.2, -0.15) is 18.3 Å². The summed E-state index contributed by atoms with van der Waals surface area (Å²) in [5.74, 6) is -2.83. The van der Waals surface area contributed by atoms with Crippen molar-refractivity contribution in [3.8, 4) is 11.3 Å². The van der Waals surface area contributed by atoms with E-state index in [4.69, 9.17) is 26.2 Å². The van der Waals surface area contributed by atoms with Crippen molar-refractivity contribution in [2.45, 2.75) is 25.1 Å². The molecule has 14 heteroatoms. The molecule has 1 fully saturated rings. The van der Waals surface area contributed by atoms with Gasteiger partial charge in [0.2, 0.25) is 5.95 Å². The van der Waals surface area contributed by atoms with Crippen LogP contribution in [0.2, 0.25) is 5.02 Å². The Morgan fingerprint density at radius 2 is 1.97 bits per heavy atom. The molecular formula is C16H18ClF3N6O4. The zero-order chi connectivity index (χ0) is 22.3. The number of aromatic amines is 1. The molecule has 4 N–H and O–H groups in total. The summed E-state index contributed by atoms with van der Waals surface area (Å²) in [5, 5.41) is 20.6. The van der Waals surface area contributed by atoms with Crippen LogP contribution in [0.1, 0.15) is 23.3 Å². The van der Waals surface area contributed by atoms with E-state index in [1.165, 1.54) is 13.3 Å². The molecule has 0 atom stereocenters. The zero-order valence-corrected chi connectivity index (χ0v) is 16.3. The number of rotatable bonds is 4. The highest BCUT2D eigenvalue weighted by molar-refractivity contribution is 6.33. The minimum atomic E-state index is -5.08. The van der Waals surface area contributed by atoms with Crippen LogP contribution in [0, 0.1) is 0 Å². The van der Waals surface area contributed by atoms with Gasteiger partial charge in [0, 0.05) is 12.2 Å². The Hall–Kier alpha value is -2.93. The largest absolute Gasteiger partial charge is 0.490 e. The van der Waals surface area contributed by atoms with Crippen molar-refractivity contribution in [2.24, 2.45) is 0 Å². The lowest BCUT2D eigenvalue weighted by Gasteiger charge is -2.23. The Bertz CT molecular complexity index is 886. The summed E-state index contributed by atoms with van der Waals surface area (Å²) < 4.78 is 36.5. The number of alkyl halides is 3. The molecule has 0 saturated carbocycles. The highest BCUT2D eigenvalue weighted by Gasteiger charge is 2.38.